The van der Waals surface area contributed by atoms with Crippen LogP contribution in [0.15, 0.2) is 30.3 Å². The number of carbonyl (C=O) groups is 1. The number of fused-ring (bicyclic) bond motifs is 1. The van der Waals surface area contributed by atoms with Gasteiger partial charge in [-0.3, -0.25) is 4.79 Å². The zero-order chi connectivity index (χ0) is 13.2. The van der Waals surface area contributed by atoms with Crippen molar-refractivity contribution in [2.24, 2.45) is 23.5 Å². The molecule has 0 saturated heterocycles. The molecule has 0 aromatic heterocycles. The molecule has 2 fully saturated rings. The van der Waals surface area contributed by atoms with Gasteiger partial charge in [0.25, 0.3) is 0 Å². The van der Waals surface area contributed by atoms with E-state index in [1.54, 1.807) is 0 Å². The minimum Gasteiger partial charge on any atom is -0.352 e. The minimum atomic E-state index is 0.0660. The monoisotopic (exact) mass is 258 g/mol. The van der Waals surface area contributed by atoms with Crippen LogP contribution in [0.4, 0.5) is 0 Å². The molecule has 102 valence electrons. The number of hydrogen-bond donors (Lipinski definition) is 2. The molecule has 0 aliphatic heterocycles. The molecule has 3 atom stereocenters. The van der Waals surface area contributed by atoms with Crippen LogP contribution in [0.2, 0.25) is 0 Å². The first-order valence-corrected chi connectivity index (χ1v) is 7.34. The third kappa shape index (κ3) is 2.66. The Morgan fingerprint density at radius 3 is 2.58 bits per heavy atom. The van der Waals surface area contributed by atoms with Crippen LogP contribution in [-0.4, -0.2) is 18.5 Å². The first-order valence-electron chi connectivity index (χ1n) is 7.34. The average Bonchev–Trinajstić information content (AvgIpc) is 2.93. The van der Waals surface area contributed by atoms with E-state index in [-0.39, 0.29) is 11.9 Å². The lowest BCUT2D eigenvalue weighted by Crippen LogP contribution is -2.43. The van der Waals surface area contributed by atoms with Gasteiger partial charge in [-0.1, -0.05) is 36.8 Å². The average molecular weight is 258 g/mol. The highest BCUT2D eigenvalue weighted by molar-refractivity contribution is 5.82. The van der Waals surface area contributed by atoms with Crippen LogP contribution in [0.25, 0.3) is 0 Å². The molecule has 1 aromatic carbocycles. The summed E-state index contributed by atoms with van der Waals surface area (Å²) in [6, 6.07) is 10.3. The largest absolute Gasteiger partial charge is 0.352 e. The number of amides is 1. The van der Waals surface area contributed by atoms with E-state index >= 15 is 0 Å². The number of hydrogen-bond acceptors (Lipinski definition) is 2. The summed E-state index contributed by atoms with van der Waals surface area (Å²) in [5, 5.41) is 3.14. The van der Waals surface area contributed by atoms with E-state index in [2.05, 4.69) is 17.4 Å². The molecular weight excluding hydrogens is 236 g/mol. The molecule has 3 unspecified atom stereocenters. The van der Waals surface area contributed by atoms with E-state index in [1.807, 2.05) is 18.2 Å². The van der Waals surface area contributed by atoms with Crippen molar-refractivity contribution in [3.8, 4) is 0 Å². The van der Waals surface area contributed by atoms with E-state index in [4.69, 9.17) is 5.73 Å². The Balaban J connectivity index is 1.54. The fourth-order valence-electron chi connectivity index (χ4n) is 3.60. The van der Waals surface area contributed by atoms with Gasteiger partial charge in [0.15, 0.2) is 0 Å². The molecule has 1 aromatic rings. The number of nitrogens with one attached hydrogen (secondary N) is 1. The van der Waals surface area contributed by atoms with E-state index in [0.29, 0.717) is 24.3 Å². The molecule has 0 heterocycles. The SMILES string of the molecule is NCC(Cc1ccccc1)NC(=O)C1C2CCCC21. The maximum atomic E-state index is 12.2. The van der Waals surface area contributed by atoms with E-state index in [0.717, 1.165) is 6.42 Å². The summed E-state index contributed by atoms with van der Waals surface area (Å²) in [7, 11) is 0. The summed E-state index contributed by atoms with van der Waals surface area (Å²) in [6.07, 6.45) is 4.62. The maximum absolute atomic E-state index is 12.2. The first kappa shape index (κ1) is 12.7. The zero-order valence-electron chi connectivity index (χ0n) is 11.2. The summed E-state index contributed by atoms with van der Waals surface area (Å²) in [6.45, 7) is 0.503. The lowest BCUT2D eigenvalue weighted by Gasteiger charge is -2.17. The molecule has 3 rings (SSSR count). The third-order valence-electron chi connectivity index (χ3n) is 4.67. The van der Waals surface area contributed by atoms with Crippen LogP contribution in [0.5, 0.6) is 0 Å². The summed E-state index contributed by atoms with van der Waals surface area (Å²) >= 11 is 0. The van der Waals surface area contributed by atoms with Gasteiger partial charge >= 0.3 is 0 Å². The second-order valence-corrected chi connectivity index (χ2v) is 5.92. The van der Waals surface area contributed by atoms with Gasteiger partial charge in [0.05, 0.1) is 0 Å². The maximum Gasteiger partial charge on any atom is 0.223 e. The van der Waals surface area contributed by atoms with Gasteiger partial charge in [-0.25, -0.2) is 0 Å². The van der Waals surface area contributed by atoms with Crippen LogP contribution >= 0.6 is 0 Å². The summed E-state index contributed by atoms with van der Waals surface area (Å²) in [5.41, 5.74) is 7.02. The Hall–Kier alpha value is -1.35. The fourth-order valence-corrected chi connectivity index (χ4v) is 3.60. The van der Waals surface area contributed by atoms with Gasteiger partial charge in [0.2, 0.25) is 5.91 Å². The third-order valence-corrected chi connectivity index (χ3v) is 4.67. The van der Waals surface area contributed by atoms with Crippen molar-refractivity contribution in [1.29, 1.82) is 0 Å². The highest BCUT2D eigenvalue weighted by atomic mass is 16.2. The topological polar surface area (TPSA) is 55.1 Å². The quantitative estimate of drug-likeness (QED) is 0.845. The van der Waals surface area contributed by atoms with Gasteiger partial charge in [-0.2, -0.15) is 0 Å². The molecule has 2 aliphatic carbocycles. The minimum absolute atomic E-state index is 0.0660. The van der Waals surface area contributed by atoms with Gasteiger partial charge in [-0.05, 0) is 36.7 Å². The standard InChI is InChI=1S/C16H22N2O/c17-10-12(9-11-5-2-1-3-6-11)18-16(19)15-13-7-4-8-14(13)15/h1-3,5-6,12-15H,4,7-10,17H2,(H,18,19). The predicted octanol–water partition coefficient (Wildman–Crippen LogP) is 1.72. The molecular formula is C16H22N2O. The van der Waals surface area contributed by atoms with Crippen molar-refractivity contribution < 1.29 is 4.79 Å². The van der Waals surface area contributed by atoms with E-state index in [9.17, 15) is 4.79 Å². The summed E-state index contributed by atoms with van der Waals surface area (Å²) in [5.74, 6) is 1.88. The lowest BCUT2D eigenvalue weighted by atomic mass is 10.1. The Morgan fingerprint density at radius 1 is 1.26 bits per heavy atom. The van der Waals surface area contributed by atoms with Crippen LogP contribution in [0.3, 0.4) is 0 Å². The summed E-state index contributed by atoms with van der Waals surface area (Å²) < 4.78 is 0. The Labute approximate surface area is 114 Å². The van der Waals surface area contributed by atoms with Crippen LogP contribution < -0.4 is 11.1 Å². The lowest BCUT2D eigenvalue weighted by molar-refractivity contribution is -0.123. The van der Waals surface area contributed by atoms with Crippen molar-refractivity contribution in [2.45, 2.75) is 31.7 Å². The zero-order valence-corrected chi connectivity index (χ0v) is 11.2. The van der Waals surface area contributed by atoms with Crippen LogP contribution in [-0.2, 0) is 11.2 Å². The Morgan fingerprint density at radius 2 is 1.95 bits per heavy atom. The molecule has 2 aliphatic rings. The van der Waals surface area contributed by atoms with Gasteiger partial charge < -0.3 is 11.1 Å². The van der Waals surface area contributed by atoms with Crippen LogP contribution in [0.1, 0.15) is 24.8 Å². The smallest absolute Gasteiger partial charge is 0.223 e. The number of rotatable bonds is 5. The fraction of sp³-hybridized carbons (Fsp3) is 0.562. The highest BCUT2D eigenvalue weighted by Crippen LogP contribution is 2.57. The molecule has 0 bridgehead atoms. The Bertz CT molecular complexity index is 435. The Kier molecular flexibility index (Phi) is 3.56. The van der Waals surface area contributed by atoms with E-state index in [1.165, 1.54) is 24.8 Å². The van der Waals surface area contributed by atoms with Crippen molar-refractivity contribution in [3.05, 3.63) is 35.9 Å². The van der Waals surface area contributed by atoms with Gasteiger partial charge in [-0.15, -0.1) is 0 Å². The van der Waals surface area contributed by atoms with Crippen molar-refractivity contribution in [2.75, 3.05) is 6.54 Å². The summed E-state index contributed by atoms with van der Waals surface area (Å²) in [4.78, 5) is 12.2. The predicted molar refractivity (Wildman–Crippen MR) is 75.5 cm³/mol. The molecule has 19 heavy (non-hydrogen) atoms. The second kappa shape index (κ2) is 5.33. The van der Waals surface area contributed by atoms with Crippen LogP contribution in [0, 0.1) is 17.8 Å². The molecule has 3 heteroatoms. The highest BCUT2D eigenvalue weighted by Gasteiger charge is 2.56. The number of nitrogens with two attached hydrogens (primary N) is 1. The molecule has 2 saturated carbocycles. The molecule has 1 amide bonds. The van der Waals surface area contributed by atoms with Gasteiger partial charge in [0.1, 0.15) is 0 Å². The number of benzene rings is 1. The molecule has 0 spiro atoms. The van der Waals surface area contributed by atoms with Gasteiger partial charge in [0, 0.05) is 18.5 Å². The molecule has 3 N–H and O–H groups in total. The number of carbonyl (C=O) groups excluding carboxylic acids is 1. The van der Waals surface area contributed by atoms with E-state index < -0.39 is 0 Å². The van der Waals surface area contributed by atoms with Crippen molar-refractivity contribution >= 4 is 5.91 Å². The van der Waals surface area contributed by atoms with Crippen molar-refractivity contribution in [1.82, 2.24) is 5.32 Å². The van der Waals surface area contributed by atoms with Crippen molar-refractivity contribution in [3.63, 3.8) is 0 Å². The molecule has 0 radical (unpaired) electrons. The normalized spacial score (nSPS) is 29.6. The molecule has 3 nitrogen and oxygen atoms in total. The second-order valence-electron chi connectivity index (χ2n) is 5.92. The first-order chi connectivity index (χ1) is 9.29.